The van der Waals surface area contributed by atoms with Crippen LogP contribution >= 0.6 is 0 Å². The first kappa shape index (κ1) is 29.5. The quantitative estimate of drug-likeness (QED) is 0.289. The highest BCUT2D eigenvalue weighted by atomic mass is 14.7. The van der Waals surface area contributed by atoms with E-state index in [1.54, 1.807) is 0 Å². The largest absolute Gasteiger partial charge is 0.365 e. The Hall–Kier alpha value is -2.74. The molecule has 2 heterocycles. The minimum Gasteiger partial charge on any atom is -0.365 e. The van der Waals surface area contributed by atoms with E-state index in [2.05, 4.69) is 140 Å². The molecule has 0 amide bonds. The summed E-state index contributed by atoms with van der Waals surface area (Å²) in [5, 5.41) is 1.31. The molecule has 0 unspecified atom stereocenters. The predicted octanol–water partition coefficient (Wildman–Crippen LogP) is 9.94. The second kappa shape index (κ2) is 12.5. The first-order valence-corrected chi connectivity index (χ1v) is 13.3. The van der Waals surface area contributed by atoms with Crippen LogP contribution in [0.3, 0.4) is 0 Å². The lowest BCUT2D eigenvalue weighted by atomic mass is 9.88. The van der Waals surface area contributed by atoms with E-state index >= 15 is 0 Å². The van der Waals surface area contributed by atoms with Gasteiger partial charge < -0.3 is 9.97 Å². The molecule has 0 aliphatic heterocycles. The van der Waals surface area contributed by atoms with Crippen LogP contribution in [-0.4, -0.2) is 9.97 Å². The first-order chi connectivity index (χ1) is 16.6. The Morgan fingerprint density at radius 1 is 0.583 bits per heavy atom. The molecule has 196 valence electrons. The van der Waals surface area contributed by atoms with E-state index in [9.17, 15) is 0 Å². The maximum atomic E-state index is 3.45. The van der Waals surface area contributed by atoms with Crippen LogP contribution in [0, 0.1) is 23.2 Å². The summed E-state index contributed by atoms with van der Waals surface area (Å²) in [6.07, 6.45) is 5.36. The van der Waals surface area contributed by atoms with Crippen molar-refractivity contribution in [1.29, 1.82) is 0 Å². The number of hydrogen-bond donors (Lipinski definition) is 2. The zero-order chi connectivity index (χ0) is 27.0. The van der Waals surface area contributed by atoms with Gasteiger partial charge in [-0.15, -0.1) is 0 Å². The fourth-order valence-corrected chi connectivity index (χ4v) is 4.17. The molecular weight excluding hydrogens is 436 g/mol. The molecule has 2 aromatic heterocycles. The van der Waals surface area contributed by atoms with Gasteiger partial charge in [0.15, 0.2) is 0 Å². The van der Waals surface area contributed by atoms with E-state index in [4.69, 9.17) is 0 Å². The second-order valence-electron chi connectivity index (χ2n) is 13.8. The van der Waals surface area contributed by atoms with Crippen LogP contribution in [0.2, 0.25) is 0 Å². The molecule has 0 radical (unpaired) electrons. The van der Waals surface area contributed by atoms with E-state index in [-0.39, 0.29) is 0 Å². The van der Waals surface area contributed by atoms with Crippen molar-refractivity contribution in [2.24, 2.45) is 16.2 Å². The fraction of sp³-hybridized carbons (Fsp3) is 0.471. The van der Waals surface area contributed by atoms with Crippen LogP contribution < -0.4 is 0 Å². The number of hydrogen-bond acceptors (Lipinski definition) is 0. The van der Waals surface area contributed by atoms with Crippen molar-refractivity contribution < 1.29 is 0 Å². The van der Waals surface area contributed by atoms with Gasteiger partial charge in [0.05, 0.1) is 0 Å². The van der Waals surface area contributed by atoms with Gasteiger partial charge in [0.25, 0.3) is 0 Å². The lowest BCUT2D eigenvalue weighted by Crippen LogP contribution is -2.09. The molecule has 2 heteroatoms. The van der Waals surface area contributed by atoms with Gasteiger partial charge in [-0.25, -0.2) is 0 Å². The Kier molecular flexibility index (Phi) is 10.2. The molecule has 4 rings (SSSR count). The molecule has 36 heavy (non-hydrogen) atoms. The van der Waals surface area contributed by atoms with Crippen molar-refractivity contribution in [3.8, 4) is 0 Å². The number of fused-ring (bicyclic) bond motifs is 1. The van der Waals surface area contributed by atoms with Crippen LogP contribution in [0.25, 0.3) is 10.9 Å². The van der Waals surface area contributed by atoms with Crippen molar-refractivity contribution in [2.75, 3.05) is 0 Å². The standard InChI is InChI=1S/C13H17N.C12H18.C9H15N/c1-13(2,3)9-11-8-10-6-4-5-7-12(10)14-11;1-10-5-7-11(8-6-10)9-12(2,3)4;1-9(2,3)7-8-5-4-6-10-8/h4-8,14H,9H2,1-3H3;5-8H,9H2,1-4H3;4-6,10H,7H2,1-3H3. The van der Waals surface area contributed by atoms with Gasteiger partial charge in [-0.2, -0.15) is 0 Å². The molecule has 0 bridgehead atoms. The van der Waals surface area contributed by atoms with Crippen LogP contribution in [-0.2, 0) is 19.3 Å². The normalized spacial score (nSPS) is 11.9. The summed E-state index contributed by atoms with van der Waals surface area (Å²) in [6.45, 7) is 22.5. The minimum atomic E-state index is 0.348. The number of aromatic amines is 2. The molecule has 0 aliphatic rings. The molecule has 0 spiro atoms. The second-order valence-corrected chi connectivity index (χ2v) is 13.8. The Morgan fingerprint density at radius 2 is 1.14 bits per heavy atom. The van der Waals surface area contributed by atoms with Crippen LogP contribution in [0.15, 0.2) is 72.9 Å². The smallest absolute Gasteiger partial charge is 0.0456 e. The summed E-state index contributed by atoms with van der Waals surface area (Å²) in [5.41, 5.74) is 7.82. The first-order valence-electron chi connectivity index (χ1n) is 13.3. The predicted molar refractivity (Wildman–Crippen MR) is 160 cm³/mol. The summed E-state index contributed by atoms with van der Waals surface area (Å²) in [5.74, 6) is 0. The zero-order valence-corrected chi connectivity index (χ0v) is 24.5. The molecule has 2 aromatic carbocycles. The highest BCUT2D eigenvalue weighted by Gasteiger charge is 2.13. The molecular formula is C34H50N2. The topological polar surface area (TPSA) is 31.6 Å². The average Bonchev–Trinajstić information content (AvgIpc) is 3.36. The van der Waals surface area contributed by atoms with Gasteiger partial charge in [-0.1, -0.05) is 110 Å². The van der Waals surface area contributed by atoms with E-state index in [0.717, 1.165) is 19.3 Å². The zero-order valence-electron chi connectivity index (χ0n) is 24.5. The summed E-state index contributed by atoms with van der Waals surface area (Å²) in [4.78, 5) is 6.65. The van der Waals surface area contributed by atoms with Crippen molar-refractivity contribution in [3.63, 3.8) is 0 Å². The molecule has 4 aromatic rings. The maximum absolute atomic E-state index is 3.45. The van der Waals surface area contributed by atoms with Gasteiger partial charge in [0.1, 0.15) is 0 Å². The third kappa shape index (κ3) is 12.3. The maximum Gasteiger partial charge on any atom is 0.0456 e. The average molecular weight is 487 g/mol. The van der Waals surface area contributed by atoms with E-state index in [0.29, 0.717) is 16.2 Å². The molecule has 0 saturated heterocycles. The third-order valence-electron chi connectivity index (χ3n) is 5.54. The van der Waals surface area contributed by atoms with Crippen LogP contribution in [0.4, 0.5) is 0 Å². The van der Waals surface area contributed by atoms with Crippen molar-refractivity contribution >= 4 is 10.9 Å². The number of H-pyrrole nitrogens is 2. The molecule has 0 aliphatic carbocycles. The van der Waals surface area contributed by atoms with Crippen LogP contribution in [0.5, 0.6) is 0 Å². The number of aromatic nitrogens is 2. The van der Waals surface area contributed by atoms with Gasteiger partial charge in [-0.05, 0) is 77.6 Å². The lowest BCUT2D eigenvalue weighted by Gasteiger charge is -2.17. The highest BCUT2D eigenvalue weighted by molar-refractivity contribution is 5.80. The Bertz CT molecular complexity index is 1110. The van der Waals surface area contributed by atoms with E-state index < -0.39 is 0 Å². The fourth-order valence-electron chi connectivity index (χ4n) is 4.17. The summed E-state index contributed by atoms with van der Waals surface area (Å²) >= 11 is 0. The highest BCUT2D eigenvalue weighted by Crippen LogP contribution is 2.23. The number of rotatable bonds is 3. The molecule has 2 nitrogen and oxygen atoms in total. The van der Waals surface area contributed by atoms with Crippen molar-refractivity contribution in [1.82, 2.24) is 9.97 Å². The monoisotopic (exact) mass is 486 g/mol. The van der Waals surface area contributed by atoms with Crippen molar-refractivity contribution in [3.05, 3.63) is 95.4 Å². The number of aryl methyl sites for hydroxylation is 1. The summed E-state index contributed by atoms with van der Waals surface area (Å²) < 4.78 is 0. The molecule has 0 atom stereocenters. The molecule has 0 fully saturated rings. The summed E-state index contributed by atoms with van der Waals surface area (Å²) in [7, 11) is 0. The van der Waals surface area contributed by atoms with E-state index in [1.165, 1.54) is 33.4 Å². The number of benzene rings is 2. The molecule has 0 saturated carbocycles. The SMILES string of the molecule is CC(C)(C)Cc1cc2ccccc2[nH]1.CC(C)(C)Cc1ccc[nH]1.Cc1ccc(CC(C)(C)C)cc1. The third-order valence-corrected chi connectivity index (χ3v) is 5.54. The van der Waals surface area contributed by atoms with Crippen molar-refractivity contribution in [2.45, 2.75) is 88.5 Å². The summed E-state index contributed by atoms with van der Waals surface area (Å²) in [6, 6.07) is 23.7. The Morgan fingerprint density at radius 3 is 1.64 bits per heavy atom. The number of para-hydroxylation sites is 1. The van der Waals surface area contributed by atoms with Gasteiger partial charge in [-0.3, -0.25) is 0 Å². The van der Waals surface area contributed by atoms with Gasteiger partial charge in [0, 0.05) is 23.1 Å². The van der Waals surface area contributed by atoms with Gasteiger partial charge in [0.2, 0.25) is 0 Å². The van der Waals surface area contributed by atoms with Crippen LogP contribution in [0.1, 0.15) is 84.8 Å². The Labute approximate surface area is 220 Å². The number of nitrogens with one attached hydrogen (secondary N) is 2. The van der Waals surface area contributed by atoms with E-state index in [1.807, 2.05) is 12.3 Å². The Balaban J connectivity index is 0.000000193. The minimum absolute atomic E-state index is 0.348. The lowest BCUT2D eigenvalue weighted by molar-refractivity contribution is 0.407. The molecule has 2 N–H and O–H groups in total. The van der Waals surface area contributed by atoms with Gasteiger partial charge >= 0.3 is 0 Å².